The van der Waals surface area contributed by atoms with Gasteiger partial charge in [-0.1, -0.05) is 12.5 Å². The van der Waals surface area contributed by atoms with Crippen molar-refractivity contribution in [3.05, 3.63) is 36.9 Å². The number of carbonyl (C=O) groups is 1. The van der Waals surface area contributed by atoms with Crippen LogP contribution < -0.4 is 15.4 Å². The maximum absolute atomic E-state index is 12.2. The summed E-state index contributed by atoms with van der Waals surface area (Å²) in [7, 11) is 0. The van der Waals surface area contributed by atoms with Crippen LogP contribution in [0.3, 0.4) is 0 Å². The molecular weight excluding hydrogens is 294 g/mol. The number of benzene rings is 1. The van der Waals surface area contributed by atoms with Crippen LogP contribution in [0.4, 0.5) is 5.69 Å². The Hall–Kier alpha value is -2.41. The van der Waals surface area contributed by atoms with Crippen LogP contribution in [0.15, 0.2) is 36.9 Å². The molecule has 1 fully saturated rings. The molecular formula is C16H21N5O2. The first-order valence-corrected chi connectivity index (χ1v) is 7.91. The topological polar surface area (TPSA) is 81.1 Å². The van der Waals surface area contributed by atoms with Crippen LogP contribution >= 0.6 is 0 Å². The van der Waals surface area contributed by atoms with Gasteiger partial charge in [0, 0.05) is 11.8 Å². The summed E-state index contributed by atoms with van der Waals surface area (Å²) in [6.07, 6.45) is 6.27. The smallest absolute Gasteiger partial charge is 0.241 e. The van der Waals surface area contributed by atoms with E-state index in [1.165, 1.54) is 6.33 Å². The molecule has 2 aromatic rings. The highest BCUT2D eigenvalue weighted by atomic mass is 16.5. The van der Waals surface area contributed by atoms with Crippen LogP contribution in [0.2, 0.25) is 0 Å². The molecule has 2 N–H and O–H groups in total. The molecule has 0 bridgehead atoms. The Morgan fingerprint density at radius 3 is 3.17 bits per heavy atom. The number of rotatable bonds is 6. The van der Waals surface area contributed by atoms with Crippen molar-refractivity contribution in [2.24, 2.45) is 0 Å². The first-order valence-electron chi connectivity index (χ1n) is 7.91. The fraction of sp³-hybridized carbons (Fsp3) is 0.438. The second-order valence-electron chi connectivity index (χ2n) is 5.53. The Bertz CT molecular complexity index is 623. The van der Waals surface area contributed by atoms with Gasteiger partial charge in [-0.05, 0) is 31.5 Å². The van der Waals surface area contributed by atoms with E-state index in [9.17, 15) is 4.79 Å². The highest BCUT2D eigenvalue weighted by molar-refractivity contribution is 5.95. The lowest BCUT2D eigenvalue weighted by Crippen LogP contribution is -2.43. The lowest BCUT2D eigenvalue weighted by Gasteiger charge is -2.22. The molecule has 1 amide bonds. The monoisotopic (exact) mass is 315 g/mol. The molecule has 1 atom stereocenters. The molecule has 7 heteroatoms. The fourth-order valence-corrected chi connectivity index (χ4v) is 2.57. The van der Waals surface area contributed by atoms with Gasteiger partial charge in [0.05, 0.1) is 12.6 Å². The Morgan fingerprint density at radius 1 is 1.43 bits per heavy atom. The van der Waals surface area contributed by atoms with E-state index in [-0.39, 0.29) is 11.9 Å². The van der Waals surface area contributed by atoms with Crippen molar-refractivity contribution in [2.45, 2.75) is 31.8 Å². The van der Waals surface area contributed by atoms with Gasteiger partial charge in [0.15, 0.2) is 0 Å². The minimum absolute atomic E-state index is 0.0180. The van der Waals surface area contributed by atoms with Crippen LogP contribution in [0, 0.1) is 0 Å². The number of amides is 1. The number of anilines is 1. The number of nitrogens with zero attached hydrogens (tertiary/aromatic N) is 3. The molecule has 3 rings (SSSR count). The Kier molecular flexibility index (Phi) is 5.21. The quantitative estimate of drug-likeness (QED) is 0.843. The third-order valence-corrected chi connectivity index (χ3v) is 3.78. The summed E-state index contributed by atoms with van der Waals surface area (Å²) < 4.78 is 7.40. The molecule has 0 radical (unpaired) electrons. The highest BCUT2D eigenvalue weighted by Gasteiger charge is 2.20. The first-order chi connectivity index (χ1) is 11.3. The molecule has 7 nitrogen and oxygen atoms in total. The van der Waals surface area contributed by atoms with Gasteiger partial charge in [-0.3, -0.25) is 4.79 Å². The number of hydrogen-bond acceptors (Lipinski definition) is 5. The van der Waals surface area contributed by atoms with Gasteiger partial charge in [-0.2, -0.15) is 5.10 Å². The molecule has 1 aliphatic rings. The normalized spacial score (nSPS) is 17.7. The zero-order chi connectivity index (χ0) is 15.9. The second kappa shape index (κ2) is 7.73. The molecule has 23 heavy (non-hydrogen) atoms. The van der Waals surface area contributed by atoms with Crippen LogP contribution in [0.1, 0.15) is 19.3 Å². The fourth-order valence-electron chi connectivity index (χ4n) is 2.57. The summed E-state index contributed by atoms with van der Waals surface area (Å²) in [5, 5.41) is 10.2. The third kappa shape index (κ3) is 4.53. The van der Waals surface area contributed by atoms with E-state index in [4.69, 9.17) is 4.74 Å². The zero-order valence-electron chi connectivity index (χ0n) is 12.9. The van der Waals surface area contributed by atoms with Crippen molar-refractivity contribution < 1.29 is 9.53 Å². The van der Waals surface area contributed by atoms with Crippen LogP contribution in [-0.2, 0) is 11.3 Å². The predicted molar refractivity (Wildman–Crippen MR) is 86.2 cm³/mol. The van der Waals surface area contributed by atoms with Crippen molar-refractivity contribution in [1.82, 2.24) is 20.1 Å². The van der Waals surface area contributed by atoms with Crippen molar-refractivity contribution in [2.75, 3.05) is 18.5 Å². The number of carbonyl (C=O) groups excluding carboxylic acids is 1. The molecule has 0 saturated carbocycles. The van der Waals surface area contributed by atoms with E-state index in [1.54, 1.807) is 11.0 Å². The molecule has 2 heterocycles. The molecule has 0 spiro atoms. The lowest BCUT2D eigenvalue weighted by atomic mass is 10.0. The van der Waals surface area contributed by atoms with Gasteiger partial charge in [0.25, 0.3) is 0 Å². The summed E-state index contributed by atoms with van der Waals surface area (Å²) in [5.74, 6) is 0.740. The van der Waals surface area contributed by atoms with E-state index >= 15 is 0 Å². The minimum atomic E-state index is -0.0966. The highest BCUT2D eigenvalue weighted by Crippen LogP contribution is 2.18. The minimum Gasteiger partial charge on any atom is -0.492 e. The molecule has 0 unspecified atom stereocenters. The average Bonchev–Trinajstić information content (AvgIpc) is 3.09. The number of hydrogen-bond donors (Lipinski definition) is 2. The standard InChI is InChI=1S/C16H21N5O2/c22-16(15-6-1-2-7-18-15)20-13-4-3-5-14(10-13)23-9-8-21-12-17-11-19-21/h3-5,10-12,15,18H,1-2,6-9H2,(H,20,22)/t15-/m1/s1. The Balaban J connectivity index is 1.51. The van der Waals surface area contributed by atoms with Crippen LogP contribution in [-0.4, -0.2) is 39.9 Å². The van der Waals surface area contributed by atoms with E-state index in [0.717, 1.165) is 37.2 Å². The van der Waals surface area contributed by atoms with Crippen molar-refractivity contribution in [3.8, 4) is 5.75 Å². The lowest BCUT2D eigenvalue weighted by molar-refractivity contribution is -0.118. The predicted octanol–water partition coefficient (Wildman–Crippen LogP) is 1.44. The molecule has 1 aliphatic heterocycles. The number of nitrogens with one attached hydrogen (secondary N) is 2. The van der Waals surface area contributed by atoms with Crippen LogP contribution in [0.5, 0.6) is 5.75 Å². The van der Waals surface area contributed by atoms with Gasteiger partial charge in [-0.25, -0.2) is 9.67 Å². The molecule has 1 aromatic heterocycles. The maximum Gasteiger partial charge on any atom is 0.241 e. The summed E-state index contributed by atoms with van der Waals surface area (Å²) in [5.41, 5.74) is 0.751. The van der Waals surface area contributed by atoms with Crippen LogP contribution in [0.25, 0.3) is 0 Å². The summed E-state index contributed by atoms with van der Waals surface area (Å²) in [6, 6.07) is 7.35. The zero-order valence-corrected chi connectivity index (χ0v) is 12.9. The van der Waals surface area contributed by atoms with Gasteiger partial charge < -0.3 is 15.4 Å². The molecule has 1 saturated heterocycles. The van der Waals surface area contributed by atoms with Gasteiger partial charge in [0.2, 0.25) is 5.91 Å². The molecule has 122 valence electrons. The summed E-state index contributed by atoms with van der Waals surface area (Å²) in [6.45, 7) is 2.02. The van der Waals surface area contributed by atoms with Crippen molar-refractivity contribution in [1.29, 1.82) is 0 Å². The molecule has 0 aliphatic carbocycles. The van der Waals surface area contributed by atoms with E-state index in [1.807, 2.05) is 24.3 Å². The van der Waals surface area contributed by atoms with E-state index in [0.29, 0.717) is 13.2 Å². The molecule has 1 aromatic carbocycles. The van der Waals surface area contributed by atoms with Gasteiger partial charge in [0.1, 0.15) is 25.0 Å². The summed E-state index contributed by atoms with van der Waals surface area (Å²) >= 11 is 0. The van der Waals surface area contributed by atoms with E-state index < -0.39 is 0 Å². The van der Waals surface area contributed by atoms with Gasteiger partial charge >= 0.3 is 0 Å². The average molecular weight is 315 g/mol. The third-order valence-electron chi connectivity index (χ3n) is 3.78. The van der Waals surface area contributed by atoms with Crippen molar-refractivity contribution in [3.63, 3.8) is 0 Å². The Labute approximate surface area is 135 Å². The first kappa shape index (κ1) is 15.5. The van der Waals surface area contributed by atoms with Gasteiger partial charge in [-0.15, -0.1) is 0 Å². The Morgan fingerprint density at radius 2 is 2.39 bits per heavy atom. The van der Waals surface area contributed by atoms with Crippen molar-refractivity contribution >= 4 is 11.6 Å². The SMILES string of the molecule is O=C(Nc1cccc(OCCn2cncn2)c1)[C@H]1CCCCN1. The summed E-state index contributed by atoms with van der Waals surface area (Å²) in [4.78, 5) is 16.1. The number of ether oxygens (including phenoxy) is 1. The van der Waals surface area contributed by atoms with E-state index in [2.05, 4.69) is 20.7 Å². The second-order valence-corrected chi connectivity index (χ2v) is 5.53. The maximum atomic E-state index is 12.2. The number of aromatic nitrogens is 3. The largest absolute Gasteiger partial charge is 0.492 e. The number of piperidine rings is 1.